The molecule has 98 valence electrons. The Bertz CT molecular complexity index is 466. The van der Waals surface area contributed by atoms with Crippen LogP contribution < -0.4 is 11.1 Å². The summed E-state index contributed by atoms with van der Waals surface area (Å²) in [6.07, 6.45) is 3.70. The number of nitrogens with one attached hydrogen (secondary N) is 1. The number of benzene rings is 1. The molecule has 1 aliphatic carbocycles. The first-order valence-electron chi connectivity index (χ1n) is 6.54. The van der Waals surface area contributed by atoms with E-state index < -0.39 is 0 Å². The topological polar surface area (TPSA) is 38.0 Å². The van der Waals surface area contributed by atoms with Crippen LogP contribution in [0.5, 0.6) is 0 Å². The molecule has 0 radical (unpaired) electrons. The second kappa shape index (κ2) is 4.88. The zero-order valence-corrected chi connectivity index (χ0v) is 12.2. The van der Waals surface area contributed by atoms with Gasteiger partial charge in [-0.3, -0.25) is 0 Å². The highest BCUT2D eigenvalue weighted by Gasteiger charge is 2.31. The van der Waals surface area contributed by atoms with Gasteiger partial charge in [-0.15, -0.1) is 0 Å². The highest BCUT2D eigenvalue weighted by atomic mass is 32.1. The quantitative estimate of drug-likeness (QED) is 0.817. The Morgan fingerprint density at radius 3 is 2.72 bits per heavy atom. The van der Waals surface area contributed by atoms with E-state index in [9.17, 15) is 0 Å². The molecule has 0 amide bonds. The van der Waals surface area contributed by atoms with E-state index in [-0.39, 0.29) is 0 Å². The van der Waals surface area contributed by atoms with E-state index >= 15 is 0 Å². The van der Waals surface area contributed by atoms with Gasteiger partial charge >= 0.3 is 0 Å². The number of nitrogens with two attached hydrogens (primary N) is 1. The van der Waals surface area contributed by atoms with Gasteiger partial charge in [0.05, 0.1) is 0 Å². The Hall–Kier alpha value is -1.09. The number of aryl methyl sites for hydroxylation is 1. The molecule has 0 bridgehead atoms. The number of hydrogen-bond acceptors (Lipinski definition) is 2. The van der Waals surface area contributed by atoms with E-state index in [2.05, 4.69) is 44.3 Å². The minimum absolute atomic E-state index is 0.450. The van der Waals surface area contributed by atoms with E-state index in [4.69, 9.17) is 18.0 Å². The Kier molecular flexibility index (Phi) is 3.62. The number of hydrogen-bond donors (Lipinski definition) is 2. The molecule has 1 aromatic carbocycles. The molecule has 1 atom stereocenters. The first-order valence-corrected chi connectivity index (χ1v) is 6.95. The maximum absolute atomic E-state index is 5.80. The summed E-state index contributed by atoms with van der Waals surface area (Å²) >= 11 is 5.13. The molecule has 3 heteroatoms. The average molecular weight is 262 g/mol. The Labute approximate surface area is 115 Å². The SMILES string of the molecule is Cc1ccc(NC2CCC(C)(C)C2)c(C(N)=S)c1. The molecular formula is C15H22N2S. The van der Waals surface area contributed by atoms with Gasteiger partial charge in [0.25, 0.3) is 0 Å². The van der Waals surface area contributed by atoms with Crippen molar-refractivity contribution in [2.75, 3.05) is 5.32 Å². The molecule has 0 heterocycles. The molecule has 0 aliphatic heterocycles. The van der Waals surface area contributed by atoms with E-state index in [1.807, 2.05) is 0 Å². The fourth-order valence-electron chi connectivity index (χ4n) is 2.77. The zero-order chi connectivity index (χ0) is 13.3. The lowest BCUT2D eigenvalue weighted by molar-refractivity contribution is 0.378. The van der Waals surface area contributed by atoms with Crippen LogP contribution in [-0.4, -0.2) is 11.0 Å². The van der Waals surface area contributed by atoms with E-state index in [0.29, 0.717) is 16.4 Å². The van der Waals surface area contributed by atoms with Gasteiger partial charge in [-0.05, 0) is 43.7 Å². The minimum atomic E-state index is 0.450. The van der Waals surface area contributed by atoms with Crippen molar-refractivity contribution in [3.05, 3.63) is 29.3 Å². The molecule has 1 fully saturated rings. The van der Waals surface area contributed by atoms with Gasteiger partial charge in [-0.1, -0.05) is 37.7 Å². The molecule has 1 unspecified atom stereocenters. The molecular weight excluding hydrogens is 240 g/mol. The van der Waals surface area contributed by atoms with Gasteiger partial charge in [-0.25, -0.2) is 0 Å². The number of rotatable bonds is 3. The second-order valence-corrected chi connectivity index (χ2v) is 6.60. The van der Waals surface area contributed by atoms with Crippen molar-refractivity contribution in [3.8, 4) is 0 Å². The van der Waals surface area contributed by atoms with Crippen LogP contribution in [0, 0.1) is 12.3 Å². The Balaban J connectivity index is 2.17. The monoisotopic (exact) mass is 262 g/mol. The van der Waals surface area contributed by atoms with Crippen molar-refractivity contribution in [3.63, 3.8) is 0 Å². The van der Waals surface area contributed by atoms with Crippen molar-refractivity contribution in [2.24, 2.45) is 11.1 Å². The summed E-state index contributed by atoms with van der Waals surface area (Å²) in [6, 6.07) is 6.79. The summed E-state index contributed by atoms with van der Waals surface area (Å²) in [6.45, 7) is 6.72. The number of thiocarbonyl (C=S) groups is 1. The Morgan fingerprint density at radius 2 is 2.17 bits per heavy atom. The minimum Gasteiger partial charge on any atom is -0.389 e. The van der Waals surface area contributed by atoms with Gasteiger partial charge in [0.1, 0.15) is 4.99 Å². The Morgan fingerprint density at radius 1 is 1.44 bits per heavy atom. The lowest BCUT2D eigenvalue weighted by Gasteiger charge is -2.20. The van der Waals surface area contributed by atoms with Crippen LogP contribution in [0.15, 0.2) is 18.2 Å². The third-order valence-electron chi connectivity index (χ3n) is 3.77. The number of anilines is 1. The van der Waals surface area contributed by atoms with Gasteiger partial charge in [0.15, 0.2) is 0 Å². The smallest absolute Gasteiger partial charge is 0.106 e. The average Bonchev–Trinajstić information content (AvgIpc) is 2.60. The van der Waals surface area contributed by atoms with Crippen LogP contribution in [0.4, 0.5) is 5.69 Å². The summed E-state index contributed by atoms with van der Waals surface area (Å²) in [5.41, 5.74) is 9.49. The predicted molar refractivity (Wildman–Crippen MR) is 82.1 cm³/mol. The lowest BCUT2D eigenvalue weighted by atomic mass is 9.92. The van der Waals surface area contributed by atoms with Crippen molar-refractivity contribution < 1.29 is 0 Å². The van der Waals surface area contributed by atoms with Crippen LogP contribution in [0.25, 0.3) is 0 Å². The second-order valence-electron chi connectivity index (χ2n) is 6.16. The summed E-state index contributed by atoms with van der Waals surface area (Å²) in [7, 11) is 0. The fraction of sp³-hybridized carbons (Fsp3) is 0.533. The highest BCUT2D eigenvalue weighted by Crippen LogP contribution is 2.38. The van der Waals surface area contributed by atoms with E-state index in [0.717, 1.165) is 11.3 Å². The standard InChI is InChI=1S/C15H22N2S/c1-10-4-5-13(12(8-10)14(16)18)17-11-6-7-15(2,3)9-11/h4-5,8,11,17H,6-7,9H2,1-3H3,(H2,16,18). The highest BCUT2D eigenvalue weighted by molar-refractivity contribution is 7.80. The first-order chi connectivity index (χ1) is 8.37. The molecule has 1 aromatic rings. The van der Waals surface area contributed by atoms with Gasteiger partial charge < -0.3 is 11.1 Å². The van der Waals surface area contributed by atoms with Crippen LogP contribution in [0.1, 0.15) is 44.2 Å². The van der Waals surface area contributed by atoms with Gasteiger partial charge in [-0.2, -0.15) is 0 Å². The molecule has 1 saturated carbocycles. The van der Waals surface area contributed by atoms with Crippen molar-refractivity contribution in [2.45, 2.75) is 46.1 Å². The zero-order valence-electron chi connectivity index (χ0n) is 11.4. The van der Waals surface area contributed by atoms with Gasteiger partial charge in [0.2, 0.25) is 0 Å². The van der Waals surface area contributed by atoms with Gasteiger partial charge in [0, 0.05) is 17.3 Å². The molecule has 3 N–H and O–H groups in total. The van der Waals surface area contributed by atoms with Crippen molar-refractivity contribution in [1.82, 2.24) is 0 Å². The largest absolute Gasteiger partial charge is 0.389 e. The normalized spacial score (nSPS) is 21.8. The molecule has 0 aromatic heterocycles. The molecule has 2 nitrogen and oxygen atoms in total. The van der Waals surface area contributed by atoms with Crippen LogP contribution in [0.3, 0.4) is 0 Å². The third-order valence-corrected chi connectivity index (χ3v) is 3.99. The van der Waals surface area contributed by atoms with E-state index in [1.54, 1.807) is 0 Å². The third kappa shape index (κ3) is 3.02. The summed E-state index contributed by atoms with van der Waals surface area (Å²) in [4.78, 5) is 0.471. The predicted octanol–water partition coefficient (Wildman–Crippen LogP) is 3.62. The van der Waals surface area contributed by atoms with Crippen LogP contribution >= 0.6 is 12.2 Å². The molecule has 2 rings (SSSR count). The van der Waals surface area contributed by atoms with Crippen LogP contribution in [0.2, 0.25) is 0 Å². The maximum Gasteiger partial charge on any atom is 0.106 e. The van der Waals surface area contributed by atoms with Crippen molar-refractivity contribution in [1.29, 1.82) is 0 Å². The molecule has 18 heavy (non-hydrogen) atoms. The van der Waals surface area contributed by atoms with Crippen LogP contribution in [-0.2, 0) is 0 Å². The summed E-state index contributed by atoms with van der Waals surface area (Å²) in [5, 5.41) is 3.61. The summed E-state index contributed by atoms with van der Waals surface area (Å²) < 4.78 is 0. The summed E-state index contributed by atoms with van der Waals surface area (Å²) in [5.74, 6) is 0. The molecule has 1 aliphatic rings. The fourth-order valence-corrected chi connectivity index (χ4v) is 2.94. The maximum atomic E-state index is 5.80. The van der Waals surface area contributed by atoms with E-state index in [1.165, 1.54) is 24.8 Å². The van der Waals surface area contributed by atoms with Crippen molar-refractivity contribution >= 4 is 22.9 Å². The lowest BCUT2D eigenvalue weighted by Crippen LogP contribution is -2.21. The first kappa shape index (κ1) is 13.3. The molecule has 0 saturated heterocycles. The molecule has 0 spiro atoms.